The van der Waals surface area contributed by atoms with E-state index in [1.807, 2.05) is 6.92 Å². The van der Waals surface area contributed by atoms with Gasteiger partial charge in [-0.3, -0.25) is 4.79 Å². The van der Waals surface area contributed by atoms with Crippen LogP contribution in [0.25, 0.3) is 0 Å². The maximum absolute atomic E-state index is 12.7. The van der Waals surface area contributed by atoms with Gasteiger partial charge in [-0.15, -0.1) is 0 Å². The van der Waals surface area contributed by atoms with Crippen molar-refractivity contribution < 1.29 is 13.9 Å². The number of hydrogen-bond acceptors (Lipinski definition) is 3. The van der Waals surface area contributed by atoms with Gasteiger partial charge in [0.15, 0.2) is 0 Å². The lowest BCUT2D eigenvalue weighted by molar-refractivity contribution is -0.135. The number of ether oxygens (including phenoxy) is 1. The number of nitrogens with two attached hydrogens (primary N) is 1. The van der Waals surface area contributed by atoms with Crippen LogP contribution in [0.15, 0.2) is 24.3 Å². The zero-order valence-corrected chi connectivity index (χ0v) is 12.4. The number of amides is 1. The predicted octanol–water partition coefficient (Wildman–Crippen LogP) is 2.18. The number of hydrogen-bond donors (Lipinski definition) is 1. The van der Waals surface area contributed by atoms with Gasteiger partial charge in [-0.05, 0) is 37.6 Å². The molecule has 0 saturated carbocycles. The first-order valence-electron chi connectivity index (χ1n) is 6.79. The second kappa shape index (κ2) is 7.24. The summed E-state index contributed by atoms with van der Waals surface area (Å²) in [6.45, 7) is 4.52. The Kier molecular flexibility index (Phi) is 5.95. The molecule has 0 radical (unpaired) electrons. The molecule has 1 aromatic carbocycles. The molecule has 0 aliphatic rings. The Morgan fingerprint density at radius 1 is 1.40 bits per heavy atom. The molecular weight excluding hydrogens is 259 g/mol. The molecule has 20 heavy (non-hydrogen) atoms. The highest BCUT2D eigenvalue weighted by Gasteiger charge is 2.29. The second-order valence-corrected chi connectivity index (χ2v) is 5.20. The van der Waals surface area contributed by atoms with E-state index < -0.39 is 5.54 Å². The zero-order chi connectivity index (χ0) is 15.2. The number of halogens is 1. The van der Waals surface area contributed by atoms with E-state index in [-0.39, 0.29) is 11.7 Å². The average Bonchev–Trinajstić information content (AvgIpc) is 2.40. The Labute approximate surface area is 119 Å². The topological polar surface area (TPSA) is 55.6 Å². The molecule has 1 rings (SSSR count). The van der Waals surface area contributed by atoms with Crippen molar-refractivity contribution in [3.63, 3.8) is 0 Å². The van der Waals surface area contributed by atoms with Crippen LogP contribution in [0.5, 0.6) is 5.75 Å². The van der Waals surface area contributed by atoms with Gasteiger partial charge in [0.1, 0.15) is 18.2 Å². The van der Waals surface area contributed by atoms with Crippen LogP contribution in [0.1, 0.15) is 26.7 Å². The van der Waals surface area contributed by atoms with Gasteiger partial charge in [-0.1, -0.05) is 13.3 Å². The molecule has 1 aromatic rings. The van der Waals surface area contributed by atoms with Gasteiger partial charge in [0, 0.05) is 7.05 Å². The molecule has 0 spiro atoms. The smallest absolute Gasteiger partial charge is 0.242 e. The van der Waals surface area contributed by atoms with E-state index >= 15 is 0 Å². The Morgan fingerprint density at radius 3 is 2.55 bits per heavy atom. The van der Waals surface area contributed by atoms with Crippen LogP contribution in [0, 0.1) is 5.82 Å². The van der Waals surface area contributed by atoms with Crippen LogP contribution in [-0.4, -0.2) is 36.5 Å². The van der Waals surface area contributed by atoms with E-state index in [1.54, 1.807) is 31.0 Å². The van der Waals surface area contributed by atoms with Gasteiger partial charge in [0.05, 0.1) is 12.1 Å². The van der Waals surface area contributed by atoms with Gasteiger partial charge in [0.2, 0.25) is 5.91 Å². The third-order valence-electron chi connectivity index (χ3n) is 3.11. The fraction of sp³-hybridized carbons (Fsp3) is 0.533. The number of rotatable bonds is 7. The van der Waals surface area contributed by atoms with Crippen molar-refractivity contribution >= 4 is 5.91 Å². The molecule has 1 amide bonds. The van der Waals surface area contributed by atoms with E-state index in [0.29, 0.717) is 25.3 Å². The average molecular weight is 282 g/mol. The molecule has 2 N–H and O–H groups in total. The summed E-state index contributed by atoms with van der Waals surface area (Å²) in [5.41, 5.74) is 5.16. The molecule has 4 nitrogen and oxygen atoms in total. The molecule has 0 fully saturated rings. The van der Waals surface area contributed by atoms with E-state index in [4.69, 9.17) is 10.5 Å². The Morgan fingerprint density at radius 2 is 2.00 bits per heavy atom. The molecule has 5 heteroatoms. The van der Waals surface area contributed by atoms with E-state index in [9.17, 15) is 9.18 Å². The molecule has 0 aliphatic carbocycles. The summed E-state index contributed by atoms with van der Waals surface area (Å²) in [6, 6.07) is 5.79. The molecule has 0 bridgehead atoms. The summed E-state index contributed by atoms with van der Waals surface area (Å²) in [5, 5.41) is 0. The predicted molar refractivity (Wildman–Crippen MR) is 77.0 cm³/mol. The highest BCUT2D eigenvalue weighted by Crippen LogP contribution is 2.13. The maximum Gasteiger partial charge on any atom is 0.242 e. The van der Waals surface area contributed by atoms with Crippen LogP contribution in [0.3, 0.4) is 0 Å². The van der Waals surface area contributed by atoms with Crippen molar-refractivity contribution in [1.29, 1.82) is 0 Å². The number of nitrogens with zero attached hydrogens (tertiary/aromatic N) is 1. The van der Waals surface area contributed by atoms with Gasteiger partial charge >= 0.3 is 0 Å². The lowest BCUT2D eigenvalue weighted by Gasteiger charge is -2.28. The summed E-state index contributed by atoms with van der Waals surface area (Å²) in [6.07, 6.45) is 1.51. The second-order valence-electron chi connectivity index (χ2n) is 5.20. The Balaban J connectivity index is 2.41. The summed E-state index contributed by atoms with van der Waals surface area (Å²) in [4.78, 5) is 13.7. The van der Waals surface area contributed by atoms with Gasteiger partial charge in [-0.2, -0.15) is 0 Å². The highest BCUT2D eigenvalue weighted by atomic mass is 19.1. The monoisotopic (exact) mass is 282 g/mol. The minimum Gasteiger partial charge on any atom is -0.492 e. The molecule has 0 saturated heterocycles. The Hall–Kier alpha value is -1.62. The first kappa shape index (κ1) is 16.4. The van der Waals surface area contributed by atoms with Crippen molar-refractivity contribution in [3.8, 4) is 5.75 Å². The molecule has 0 aromatic heterocycles. The van der Waals surface area contributed by atoms with Crippen LogP contribution >= 0.6 is 0 Å². The quantitative estimate of drug-likeness (QED) is 0.834. The standard InChI is InChI=1S/C15H23FN2O2/c1-4-9-15(2,17)14(19)18(3)10-11-20-13-7-5-12(16)6-8-13/h5-8H,4,9-11,17H2,1-3H3. The van der Waals surface area contributed by atoms with Crippen molar-refractivity contribution in [2.24, 2.45) is 5.73 Å². The highest BCUT2D eigenvalue weighted by molar-refractivity contribution is 5.85. The van der Waals surface area contributed by atoms with Crippen LogP contribution in [0.2, 0.25) is 0 Å². The van der Waals surface area contributed by atoms with E-state index in [1.165, 1.54) is 12.1 Å². The third-order valence-corrected chi connectivity index (χ3v) is 3.11. The van der Waals surface area contributed by atoms with Gasteiger partial charge < -0.3 is 15.4 Å². The minimum atomic E-state index is -0.834. The van der Waals surface area contributed by atoms with E-state index in [0.717, 1.165) is 6.42 Å². The van der Waals surface area contributed by atoms with Crippen LogP contribution in [0.4, 0.5) is 4.39 Å². The number of benzene rings is 1. The molecule has 0 aliphatic heterocycles. The minimum absolute atomic E-state index is 0.0953. The summed E-state index contributed by atoms with van der Waals surface area (Å²) in [5.74, 6) is 0.182. The lowest BCUT2D eigenvalue weighted by Crippen LogP contribution is -2.52. The number of likely N-dealkylation sites (N-methyl/N-ethyl adjacent to an activating group) is 1. The summed E-state index contributed by atoms with van der Waals surface area (Å²) >= 11 is 0. The van der Waals surface area contributed by atoms with Gasteiger partial charge in [-0.25, -0.2) is 4.39 Å². The maximum atomic E-state index is 12.7. The Bertz CT molecular complexity index is 432. The number of carbonyl (C=O) groups excluding carboxylic acids is 1. The molecule has 1 atom stereocenters. The number of carbonyl (C=O) groups is 1. The fourth-order valence-corrected chi connectivity index (χ4v) is 2.00. The first-order chi connectivity index (χ1) is 9.36. The van der Waals surface area contributed by atoms with Crippen LogP contribution in [-0.2, 0) is 4.79 Å². The first-order valence-corrected chi connectivity index (χ1v) is 6.79. The normalized spacial score (nSPS) is 13.7. The largest absolute Gasteiger partial charge is 0.492 e. The molecule has 112 valence electrons. The van der Waals surface area contributed by atoms with Gasteiger partial charge in [0.25, 0.3) is 0 Å². The van der Waals surface area contributed by atoms with Crippen molar-refractivity contribution in [2.45, 2.75) is 32.2 Å². The van der Waals surface area contributed by atoms with E-state index in [2.05, 4.69) is 0 Å². The van der Waals surface area contributed by atoms with Crippen LogP contribution < -0.4 is 10.5 Å². The molecule has 1 unspecified atom stereocenters. The summed E-state index contributed by atoms with van der Waals surface area (Å²) < 4.78 is 18.2. The SMILES string of the molecule is CCCC(C)(N)C(=O)N(C)CCOc1ccc(F)cc1. The third kappa shape index (κ3) is 4.81. The fourth-order valence-electron chi connectivity index (χ4n) is 2.00. The van der Waals surface area contributed by atoms with Crippen molar-refractivity contribution in [2.75, 3.05) is 20.2 Å². The zero-order valence-electron chi connectivity index (χ0n) is 12.4. The molecule has 0 heterocycles. The molecular formula is C15H23FN2O2. The lowest BCUT2D eigenvalue weighted by atomic mass is 9.96. The summed E-state index contributed by atoms with van der Waals surface area (Å²) in [7, 11) is 1.71. The van der Waals surface area contributed by atoms with Crippen molar-refractivity contribution in [3.05, 3.63) is 30.1 Å². The van der Waals surface area contributed by atoms with Crippen molar-refractivity contribution in [1.82, 2.24) is 4.90 Å².